The lowest BCUT2D eigenvalue weighted by Crippen LogP contribution is -2.17. The molecule has 0 aliphatic rings. The van der Waals surface area contributed by atoms with E-state index < -0.39 is 0 Å². The van der Waals surface area contributed by atoms with Gasteiger partial charge < -0.3 is 9.30 Å². The molecule has 2 aromatic rings. The zero-order valence-electron chi connectivity index (χ0n) is 12.5. The second-order valence-corrected chi connectivity index (χ2v) is 5.48. The number of nitrogens with zero attached hydrogens (tertiary/aromatic N) is 2. The van der Waals surface area contributed by atoms with E-state index in [1.807, 2.05) is 48.7 Å². The fraction of sp³-hybridized carbons (Fsp3) is 0.375. The molecule has 0 N–H and O–H groups in total. The zero-order valence-corrected chi connectivity index (χ0v) is 13.4. The minimum atomic E-state index is -0.262. The molecule has 0 aliphatic carbocycles. The Hall–Kier alpha value is -1.75. The van der Waals surface area contributed by atoms with Gasteiger partial charge in [0.25, 0.3) is 0 Å². The van der Waals surface area contributed by atoms with Crippen LogP contribution in [0, 0.1) is 0 Å². The molecule has 4 nitrogen and oxygen atoms in total. The van der Waals surface area contributed by atoms with Crippen molar-refractivity contribution in [1.29, 1.82) is 0 Å². The van der Waals surface area contributed by atoms with Crippen LogP contribution in [0.4, 0.5) is 0 Å². The minimum Gasteiger partial charge on any atom is -0.465 e. The summed E-state index contributed by atoms with van der Waals surface area (Å²) in [7, 11) is 0. The number of ether oxygens (including phenoxy) is 1. The fourth-order valence-corrected chi connectivity index (χ4v) is 2.63. The Bertz CT molecular complexity index is 621. The van der Waals surface area contributed by atoms with Crippen molar-refractivity contribution in [3.63, 3.8) is 0 Å². The first-order valence-electron chi connectivity index (χ1n) is 7.05. The Balaban J connectivity index is 2.51. The van der Waals surface area contributed by atoms with E-state index in [1.165, 1.54) is 0 Å². The standard InChI is InChI=1S/C16H20N2O2S/c1-4-20-13(19)10-18-14(12-8-6-5-7-9-12)16(21)17-15(18)11(2)3/h5-9,11,21H,4,10H2,1-3H3. The summed E-state index contributed by atoms with van der Waals surface area (Å²) in [4.78, 5) is 16.4. The molecule has 0 saturated heterocycles. The van der Waals surface area contributed by atoms with Gasteiger partial charge in [0.15, 0.2) is 0 Å². The number of benzene rings is 1. The quantitative estimate of drug-likeness (QED) is 0.679. The zero-order chi connectivity index (χ0) is 15.4. The highest BCUT2D eigenvalue weighted by atomic mass is 32.1. The third-order valence-electron chi connectivity index (χ3n) is 3.13. The number of rotatable bonds is 5. The molecule has 1 heterocycles. The second-order valence-electron chi connectivity index (χ2n) is 5.05. The van der Waals surface area contributed by atoms with Crippen molar-refractivity contribution in [2.45, 2.75) is 38.3 Å². The summed E-state index contributed by atoms with van der Waals surface area (Å²) in [6.07, 6.45) is 0. The molecule has 0 radical (unpaired) electrons. The second kappa shape index (κ2) is 6.80. The van der Waals surface area contributed by atoms with Gasteiger partial charge in [-0.05, 0) is 6.92 Å². The van der Waals surface area contributed by atoms with Crippen LogP contribution in [-0.2, 0) is 16.1 Å². The van der Waals surface area contributed by atoms with Crippen LogP contribution < -0.4 is 0 Å². The van der Waals surface area contributed by atoms with E-state index in [0.717, 1.165) is 17.1 Å². The summed E-state index contributed by atoms with van der Waals surface area (Å²) < 4.78 is 6.97. The molecule has 0 spiro atoms. The molecule has 0 aliphatic heterocycles. The van der Waals surface area contributed by atoms with Crippen molar-refractivity contribution in [1.82, 2.24) is 9.55 Å². The molecule has 0 fully saturated rings. The Morgan fingerprint density at radius 1 is 1.33 bits per heavy atom. The smallest absolute Gasteiger partial charge is 0.326 e. The van der Waals surface area contributed by atoms with Crippen molar-refractivity contribution < 1.29 is 9.53 Å². The Kier molecular flexibility index (Phi) is 5.07. The van der Waals surface area contributed by atoms with Crippen LogP contribution in [0.15, 0.2) is 35.4 Å². The van der Waals surface area contributed by atoms with Gasteiger partial charge in [0.1, 0.15) is 17.4 Å². The molecule has 1 aromatic heterocycles. The van der Waals surface area contributed by atoms with Gasteiger partial charge in [-0.2, -0.15) is 0 Å². The third kappa shape index (κ3) is 3.47. The van der Waals surface area contributed by atoms with Crippen LogP contribution in [-0.4, -0.2) is 22.1 Å². The van der Waals surface area contributed by atoms with Crippen LogP contribution in [0.1, 0.15) is 32.5 Å². The minimum absolute atomic E-state index is 0.152. The van der Waals surface area contributed by atoms with E-state index in [1.54, 1.807) is 6.92 Å². The molecule has 0 bridgehead atoms. The summed E-state index contributed by atoms with van der Waals surface area (Å²) in [5.74, 6) is 0.775. The maximum absolute atomic E-state index is 11.9. The predicted octanol–water partition coefficient (Wildman–Crippen LogP) is 3.53. The molecule has 0 saturated carbocycles. The van der Waals surface area contributed by atoms with Crippen LogP contribution in [0.5, 0.6) is 0 Å². The number of carbonyl (C=O) groups is 1. The highest BCUT2D eigenvalue weighted by Gasteiger charge is 2.20. The van der Waals surface area contributed by atoms with E-state index in [4.69, 9.17) is 4.74 Å². The number of hydrogen-bond acceptors (Lipinski definition) is 4. The Morgan fingerprint density at radius 3 is 2.57 bits per heavy atom. The number of esters is 1. The maximum atomic E-state index is 11.9. The number of thiol groups is 1. The predicted molar refractivity (Wildman–Crippen MR) is 85.6 cm³/mol. The van der Waals surface area contributed by atoms with E-state index in [9.17, 15) is 4.79 Å². The summed E-state index contributed by atoms with van der Waals surface area (Å²) in [6.45, 7) is 6.42. The highest BCUT2D eigenvalue weighted by molar-refractivity contribution is 7.80. The van der Waals surface area contributed by atoms with Gasteiger partial charge in [-0.3, -0.25) is 4.79 Å². The lowest BCUT2D eigenvalue weighted by molar-refractivity contribution is -0.143. The normalized spacial score (nSPS) is 10.9. The molecule has 21 heavy (non-hydrogen) atoms. The number of imidazole rings is 1. The maximum Gasteiger partial charge on any atom is 0.326 e. The first-order chi connectivity index (χ1) is 10.0. The number of carbonyl (C=O) groups excluding carboxylic acids is 1. The number of hydrogen-bond donors (Lipinski definition) is 1. The van der Waals surface area contributed by atoms with Gasteiger partial charge >= 0.3 is 5.97 Å². The summed E-state index contributed by atoms with van der Waals surface area (Å²) in [6, 6.07) is 9.85. The van der Waals surface area contributed by atoms with Gasteiger partial charge in [-0.15, -0.1) is 12.6 Å². The van der Waals surface area contributed by atoms with Crippen LogP contribution in [0.3, 0.4) is 0 Å². The molecule has 5 heteroatoms. The Labute approximate surface area is 130 Å². The largest absolute Gasteiger partial charge is 0.465 e. The molecular formula is C16H20N2O2S. The summed E-state index contributed by atoms with van der Waals surface area (Å²) in [5, 5.41) is 0.634. The van der Waals surface area contributed by atoms with Crippen molar-refractivity contribution in [3.05, 3.63) is 36.2 Å². The van der Waals surface area contributed by atoms with E-state index in [2.05, 4.69) is 17.6 Å². The molecule has 0 amide bonds. The van der Waals surface area contributed by atoms with Gasteiger partial charge in [-0.25, -0.2) is 4.98 Å². The van der Waals surface area contributed by atoms with Crippen molar-refractivity contribution in [3.8, 4) is 11.3 Å². The summed E-state index contributed by atoms with van der Waals surface area (Å²) in [5.41, 5.74) is 1.85. The first kappa shape index (κ1) is 15.6. The average Bonchev–Trinajstić information content (AvgIpc) is 2.77. The number of aromatic nitrogens is 2. The molecule has 0 atom stereocenters. The van der Waals surface area contributed by atoms with Crippen LogP contribution >= 0.6 is 12.6 Å². The summed E-state index contributed by atoms with van der Waals surface area (Å²) >= 11 is 4.48. The van der Waals surface area contributed by atoms with Crippen molar-refractivity contribution >= 4 is 18.6 Å². The topological polar surface area (TPSA) is 44.1 Å². The van der Waals surface area contributed by atoms with Crippen molar-refractivity contribution in [2.24, 2.45) is 0 Å². The van der Waals surface area contributed by atoms with Crippen LogP contribution in [0.25, 0.3) is 11.3 Å². The lowest BCUT2D eigenvalue weighted by atomic mass is 10.1. The molecule has 2 rings (SSSR count). The van der Waals surface area contributed by atoms with Gasteiger partial charge in [-0.1, -0.05) is 44.2 Å². The fourth-order valence-electron chi connectivity index (χ4n) is 2.27. The molecule has 0 unspecified atom stereocenters. The SMILES string of the molecule is CCOC(=O)Cn1c(C(C)C)nc(S)c1-c1ccccc1. The van der Waals surface area contributed by atoms with E-state index in [-0.39, 0.29) is 18.4 Å². The van der Waals surface area contributed by atoms with E-state index in [0.29, 0.717) is 11.6 Å². The lowest BCUT2D eigenvalue weighted by Gasteiger charge is -2.13. The van der Waals surface area contributed by atoms with Gasteiger partial charge in [0.05, 0.1) is 12.3 Å². The molecular weight excluding hydrogens is 284 g/mol. The van der Waals surface area contributed by atoms with E-state index >= 15 is 0 Å². The molecule has 112 valence electrons. The first-order valence-corrected chi connectivity index (χ1v) is 7.49. The average molecular weight is 304 g/mol. The van der Waals surface area contributed by atoms with Gasteiger partial charge in [0, 0.05) is 11.5 Å². The van der Waals surface area contributed by atoms with Gasteiger partial charge in [0.2, 0.25) is 0 Å². The Morgan fingerprint density at radius 2 is 2.00 bits per heavy atom. The highest BCUT2D eigenvalue weighted by Crippen LogP contribution is 2.30. The van der Waals surface area contributed by atoms with Crippen LogP contribution in [0.2, 0.25) is 0 Å². The monoisotopic (exact) mass is 304 g/mol. The van der Waals surface area contributed by atoms with Crippen molar-refractivity contribution in [2.75, 3.05) is 6.61 Å². The third-order valence-corrected chi connectivity index (χ3v) is 3.45. The molecule has 1 aromatic carbocycles.